The Morgan fingerprint density at radius 2 is 0.739 bits per heavy atom. The van der Waals surface area contributed by atoms with Crippen molar-refractivity contribution in [3.05, 3.63) is 204 Å². The van der Waals surface area contributed by atoms with Crippen molar-refractivity contribution < 1.29 is 42.8 Å². The molecule has 15 nitrogen and oxygen atoms in total. The number of carbonyl (C=O) groups is 2. The van der Waals surface area contributed by atoms with Gasteiger partial charge in [0.2, 0.25) is 5.78 Å². The molecule has 17 rings (SSSR count). The van der Waals surface area contributed by atoms with Crippen molar-refractivity contribution in [1.82, 2.24) is 29.8 Å². The van der Waals surface area contributed by atoms with Crippen molar-refractivity contribution in [2.75, 3.05) is 98.2 Å². The van der Waals surface area contributed by atoms with Crippen LogP contribution in [-0.4, -0.2) is 182 Å². The van der Waals surface area contributed by atoms with Crippen LogP contribution in [0.2, 0.25) is 25.1 Å². The number of rotatable bonds is 34. The molecule has 5 aliphatic heterocycles. The normalized spacial score (nSPS) is 20.0. The zero-order valence-corrected chi connectivity index (χ0v) is 74.4. The second-order valence-electron chi connectivity index (χ2n) is 35.2. The number of aliphatic hydroxyl groups is 1. The lowest BCUT2D eigenvalue weighted by atomic mass is 9.97. The molecular weight excluding hydrogens is 1620 g/mol. The number of hydrogen-bond acceptors (Lipinski definition) is 14. The molecule has 7 aromatic carbocycles. The van der Waals surface area contributed by atoms with Crippen LogP contribution < -0.4 is 34.7 Å². The van der Waals surface area contributed by atoms with Crippen LogP contribution in [0, 0.1) is 23.6 Å². The predicted octanol–water partition coefficient (Wildman–Crippen LogP) is 21.2. The molecule has 1 amide bonds. The maximum Gasteiger partial charge on any atom is 0.292 e. The van der Waals surface area contributed by atoms with Crippen molar-refractivity contribution in [3.63, 3.8) is 0 Å². The van der Waals surface area contributed by atoms with Gasteiger partial charge in [-0.25, -0.2) is 4.39 Å². The molecule has 10 aliphatic rings. The third-order valence-electron chi connectivity index (χ3n) is 23.7. The Morgan fingerprint density at radius 3 is 1.13 bits per heavy atom. The number of hydrogen-bond donors (Lipinski definition) is 3. The van der Waals surface area contributed by atoms with E-state index in [0.717, 1.165) is 179 Å². The monoisotopic (exact) mass is 1740 g/mol. The van der Waals surface area contributed by atoms with Crippen molar-refractivity contribution in [2.45, 2.75) is 223 Å². The van der Waals surface area contributed by atoms with Gasteiger partial charge in [0, 0.05) is 50.4 Å². The van der Waals surface area contributed by atoms with Crippen LogP contribution in [0.3, 0.4) is 0 Å². The van der Waals surface area contributed by atoms with E-state index in [9.17, 15) is 19.1 Å². The number of aliphatic hydroxyl groups excluding tert-OH is 1. The third-order valence-corrected chi connectivity index (χ3v) is 25.9. The van der Waals surface area contributed by atoms with Gasteiger partial charge in [-0.05, 0) is 343 Å². The highest BCUT2D eigenvalue weighted by molar-refractivity contribution is 6.43. The average Bonchev–Trinajstić information content (AvgIpc) is 1.80. The fraction of sp³-hybridized carbons (Fsp3) is 0.546. The predicted molar refractivity (Wildman–Crippen MR) is 482 cm³/mol. The van der Waals surface area contributed by atoms with Gasteiger partial charge in [0.15, 0.2) is 0 Å². The van der Waals surface area contributed by atoms with Crippen LogP contribution >= 0.6 is 69.6 Å². The van der Waals surface area contributed by atoms with E-state index < -0.39 is 17.8 Å². The minimum absolute atomic E-state index is 0.00178. The summed E-state index contributed by atoms with van der Waals surface area (Å²) < 4.78 is 42.1. The quantitative estimate of drug-likeness (QED) is 0.0199. The third kappa shape index (κ3) is 29.9. The van der Waals surface area contributed by atoms with E-state index in [1.165, 1.54) is 133 Å². The van der Waals surface area contributed by atoms with E-state index >= 15 is 0 Å². The lowest BCUT2D eigenvalue weighted by molar-refractivity contribution is -0.117. The second-order valence-corrected chi connectivity index (χ2v) is 37.7. The summed E-state index contributed by atoms with van der Waals surface area (Å²) in [6.45, 7) is 23.2. The fourth-order valence-corrected chi connectivity index (χ4v) is 17.8. The molecule has 22 heteroatoms. The lowest BCUT2D eigenvalue weighted by Crippen LogP contribution is -2.46. The van der Waals surface area contributed by atoms with E-state index in [1.54, 1.807) is 36.4 Å². The highest BCUT2D eigenvalue weighted by atomic mass is 35.5. The maximum atomic E-state index is 13.2. The lowest BCUT2D eigenvalue weighted by Gasteiger charge is -2.25. The summed E-state index contributed by atoms with van der Waals surface area (Å²) in [6.07, 6.45) is 27.9. The van der Waals surface area contributed by atoms with Crippen molar-refractivity contribution in [3.8, 4) is 39.9 Å². The molecule has 7 aromatic rings. The summed E-state index contributed by atoms with van der Waals surface area (Å²) in [5.74, 6) is 3.66. The average molecular weight is 1750 g/mol. The number of alkyl halides is 1. The van der Waals surface area contributed by atoms with Gasteiger partial charge in [-0.3, -0.25) is 9.59 Å². The van der Waals surface area contributed by atoms with Crippen LogP contribution in [0.15, 0.2) is 140 Å². The van der Waals surface area contributed by atoms with Gasteiger partial charge in [-0.15, -0.1) is 11.6 Å². The Kier molecular flexibility index (Phi) is 34.4. The minimum Gasteiger partial charge on any atom is -0.489 e. The molecule has 5 saturated carbocycles. The van der Waals surface area contributed by atoms with E-state index in [4.69, 9.17) is 99.0 Å². The molecular formula is C97H124Cl6FN7O8. The van der Waals surface area contributed by atoms with Crippen LogP contribution in [0.4, 0.5) is 4.39 Å². The number of Topliss-reactive ketones (excluding diaryl/α,β-unsaturated/α-hetero) is 1. The molecule has 0 radical (unpaired) electrons. The highest BCUT2D eigenvalue weighted by Gasteiger charge is 2.32. The smallest absolute Gasteiger partial charge is 0.292 e. The molecule has 4 N–H and O–H groups in total. The minimum atomic E-state index is -0.626. The summed E-state index contributed by atoms with van der Waals surface area (Å²) >= 11 is 38.3. The summed E-state index contributed by atoms with van der Waals surface area (Å²) in [6, 6.07) is 42.7. The molecule has 1 unspecified atom stereocenters. The highest BCUT2D eigenvalue weighted by Crippen LogP contribution is 2.41. The molecule has 5 saturated heterocycles. The Morgan fingerprint density at radius 1 is 0.412 bits per heavy atom. The van der Waals surface area contributed by atoms with Crippen LogP contribution in [0.1, 0.15) is 199 Å². The van der Waals surface area contributed by atoms with Gasteiger partial charge in [0.1, 0.15) is 34.6 Å². The fourth-order valence-electron chi connectivity index (χ4n) is 16.4. The van der Waals surface area contributed by atoms with Gasteiger partial charge >= 0.3 is 0 Å². The largest absolute Gasteiger partial charge is 0.489 e. The van der Waals surface area contributed by atoms with Crippen LogP contribution in [0.5, 0.6) is 28.7 Å². The van der Waals surface area contributed by atoms with E-state index in [1.807, 2.05) is 66.7 Å². The zero-order chi connectivity index (χ0) is 83.3. The first-order valence-electron chi connectivity index (χ1n) is 44.3. The van der Waals surface area contributed by atoms with Gasteiger partial charge in [0.25, 0.3) is 5.91 Å². The molecule has 0 bridgehead atoms. The van der Waals surface area contributed by atoms with E-state index in [0.29, 0.717) is 80.6 Å². The zero-order valence-electron chi connectivity index (χ0n) is 69.8. The Labute approximate surface area is 736 Å². The molecule has 7 atom stereocenters. The molecule has 0 aromatic heterocycles. The van der Waals surface area contributed by atoms with E-state index in [2.05, 4.69) is 74.9 Å². The number of carbonyl (C=O) groups excluding carboxylic acids is 2. The standard InChI is InChI=1S/C30H30ClFN2O3.C17H23Cl2NO.C17H24ClNO2.C17H24ClNO.C16H23ClN2O/c31-27-18-20(3-14-28(27)37-26-12-13-26)17-25(19-34-15-1-2-16-34)33-30(36)29(35)23-6-4-21(5-7-23)22-8-10-24(32)11-9-22;1-12(11-20-8-2-3-9-20)17(19)13-4-7-16(15(18)10-13)21-14-5-6-14;1-12(11-19-8-2-3-9-19)17(20)13-4-7-16(15(18)10-13)21-14-5-6-14;1-13(12-19-8-2-3-9-19)10-14-4-7-17(16(18)11-14)20-15-5-6-15;17-15-10-12(3-6-16(15)20-14-4-5-14)9-13(18)11-19-7-1-2-8-19/h3-11,14,18,25-26H,1-2,12-13,15-17,19H2,(H,33,36);4,7,10,12,14,17H,2-3,5-6,8-9,11H2,1H3;4,7,10,12,14,17,20H,2-3,5-6,8-9,11H2,1H3;4,7,11,13,15H,2-3,5-6,8-10,12H2,1H3;3,6,10,13-14H,1-2,4-5,7-9,11,18H2/t25-;12-,17?;12-,17+;2*13-/m01100/s1. The first kappa shape index (κ1) is 90.8. The number of likely N-dealkylation sites (tertiary alicyclic amines) is 5. The summed E-state index contributed by atoms with van der Waals surface area (Å²) in [5.41, 5.74) is 13.7. The number of amides is 1. The van der Waals surface area contributed by atoms with Gasteiger partial charge in [0.05, 0.1) is 67.1 Å². The number of nitrogens with one attached hydrogen (secondary N) is 1. The Bertz CT molecular complexity index is 4170. The Hall–Kier alpha value is -5.93. The van der Waals surface area contributed by atoms with Crippen molar-refractivity contribution in [2.24, 2.45) is 23.5 Å². The molecule has 0 spiro atoms. The van der Waals surface area contributed by atoms with Gasteiger partial charge < -0.3 is 64.3 Å². The SMILES string of the molecule is C[C@@H](Cc1ccc(OC2CC2)c(Cl)c1)CN1CCCC1.C[C@H](CN1CCCC1)C(Cl)c1ccc(OC2CC2)c(Cl)c1.C[C@H](CN1CCCC1)[C@H](O)c1ccc(OC2CC2)c(Cl)c1.N[C@@H](Cc1ccc(OC2CC2)c(Cl)c1)CN1CCCC1.O=C(N[C@@H](Cc1ccc(OC2CC2)c(Cl)c1)CN1CCCC1)C(=O)c1ccc(-c2ccc(F)cc2)cc1. The number of ether oxygens (including phenoxy) is 5. The number of nitrogens with zero attached hydrogens (tertiary/aromatic N) is 5. The number of ketones is 1. The Balaban J connectivity index is 0.000000132. The number of benzene rings is 7. The molecule has 5 aliphatic carbocycles. The van der Waals surface area contributed by atoms with Crippen LogP contribution in [-0.2, 0) is 24.1 Å². The molecule has 10 fully saturated rings. The van der Waals surface area contributed by atoms with Crippen LogP contribution in [0.25, 0.3) is 11.1 Å². The summed E-state index contributed by atoms with van der Waals surface area (Å²) in [5, 5.41) is 16.8. The number of nitrogens with two attached hydrogens (primary N) is 1. The summed E-state index contributed by atoms with van der Waals surface area (Å²) in [4.78, 5) is 38.2. The second kappa shape index (κ2) is 45.1. The number of halogens is 7. The molecule has 119 heavy (non-hydrogen) atoms. The first-order chi connectivity index (χ1) is 57.6. The molecule has 644 valence electrons. The molecule has 5 heterocycles. The van der Waals surface area contributed by atoms with Crippen molar-refractivity contribution >= 4 is 81.3 Å². The summed E-state index contributed by atoms with van der Waals surface area (Å²) in [7, 11) is 0. The van der Waals surface area contributed by atoms with E-state index in [-0.39, 0.29) is 35.3 Å². The van der Waals surface area contributed by atoms with Gasteiger partial charge in [-0.2, -0.15) is 0 Å². The topological polar surface area (TPSA) is 155 Å². The van der Waals surface area contributed by atoms with Crippen molar-refractivity contribution in [1.29, 1.82) is 0 Å². The first-order valence-corrected chi connectivity index (χ1v) is 46.6. The maximum absolute atomic E-state index is 13.2. The van der Waals surface area contributed by atoms with Gasteiger partial charge in [-0.1, -0.05) is 146 Å².